The summed E-state index contributed by atoms with van der Waals surface area (Å²) in [4.78, 5) is 39.2. The number of methoxy groups -OCH3 is 2. The van der Waals surface area contributed by atoms with Crippen LogP contribution in [0.15, 0.2) is 59.5 Å². The summed E-state index contributed by atoms with van der Waals surface area (Å²) in [5.74, 6) is -1.37. The molecule has 1 fully saturated rings. The van der Waals surface area contributed by atoms with Gasteiger partial charge in [0.25, 0.3) is 0 Å². The number of likely N-dealkylation sites (tertiary alicyclic amines) is 1. The van der Waals surface area contributed by atoms with Crippen LogP contribution in [0.4, 0.5) is 20.6 Å². The third-order valence-corrected chi connectivity index (χ3v) is 9.85. The Bertz CT molecular complexity index is 1730. The molecule has 240 valence electrons. The molecule has 1 aliphatic heterocycles. The van der Waals surface area contributed by atoms with E-state index in [2.05, 4.69) is 10.6 Å². The van der Waals surface area contributed by atoms with E-state index in [0.717, 1.165) is 6.07 Å². The standard InChI is InChI=1S/C31H35FN4O8S/c1-17(2)45(41,42)27-12-9-20(34-31(39)40)16-21(27)24-6-5-13-36(24)30(38)28(18-8-11-25(43-3)26(15-18)44-4)35-23-14-19(29(33)37)7-10-22(23)32/h7-12,14-17,24,28,34-35H,5-6,13H2,1-4H3,(H2,33,37)(H,39,40)/t24-,28+/m1/s1. The van der Waals surface area contributed by atoms with Gasteiger partial charge in [-0.05, 0) is 86.3 Å². The SMILES string of the molecule is COc1ccc([C@H](Nc2cc(C(N)=O)ccc2F)C(=O)N2CCC[C@@H]2c2cc(NC(=O)O)ccc2S(=O)(=O)C(C)C)cc1OC. The summed E-state index contributed by atoms with van der Waals surface area (Å²) < 4.78 is 52.7. The Morgan fingerprint density at radius 3 is 2.36 bits per heavy atom. The number of halogens is 1. The number of carbonyl (C=O) groups is 3. The van der Waals surface area contributed by atoms with Gasteiger partial charge in [-0.3, -0.25) is 14.9 Å². The van der Waals surface area contributed by atoms with Gasteiger partial charge in [0.1, 0.15) is 11.9 Å². The molecule has 0 unspecified atom stereocenters. The van der Waals surface area contributed by atoms with E-state index in [1.54, 1.807) is 18.2 Å². The van der Waals surface area contributed by atoms with E-state index in [-0.39, 0.29) is 33.9 Å². The fourth-order valence-corrected chi connectivity index (χ4v) is 6.60. The van der Waals surface area contributed by atoms with Gasteiger partial charge in [0.05, 0.1) is 36.1 Å². The van der Waals surface area contributed by atoms with Gasteiger partial charge in [-0.25, -0.2) is 17.6 Å². The van der Waals surface area contributed by atoms with E-state index in [4.69, 9.17) is 15.2 Å². The molecule has 0 radical (unpaired) electrons. The first kappa shape index (κ1) is 33.1. The van der Waals surface area contributed by atoms with Crippen LogP contribution in [-0.4, -0.2) is 62.3 Å². The molecule has 1 saturated heterocycles. The number of rotatable bonds is 11. The van der Waals surface area contributed by atoms with Crippen LogP contribution < -0.4 is 25.8 Å². The Labute approximate surface area is 260 Å². The smallest absolute Gasteiger partial charge is 0.409 e. The number of hydrogen-bond acceptors (Lipinski definition) is 8. The second-order valence-corrected chi connectivity index (χ2v) is 13.2. The zero-order valence-electron chi connectivity index (χ0n) is 25.2. The maximum Gasteiger partial charge on any atom is 0.409 e. The minimum absolute atomic E-state index is 0.0164. The number of primary amides is 1. The molecular formula is C31H35FN4O8S. The van der Waals surface area contributed by atoms with Gasteiger partial charge in [0, 0.05) is 17.8 Å². The number of nitrogens with zero attached hydrogens (tertiary/aromatic N) is 1. The first-order chi connectivity index (χ1) is 21.3. The lowest BCUT2D eigenvalue weighted by atomic mass is 10.00. The number of amides is 3. The molecule has 0 spiro atoms. The summed E-state index contributed by atoms with van der Waals surface area (Å²) in [5, 5.41) is 13.7. The predicted molar refractivity (Wildman–Crippen MR) is 165 cm³/mol. The fourth-order valence-electron chi connectivity index (χ4n) is 5.31. The van der Waals surface area contributed by atoms with Crippen molar-refractivity contribution in [1.29, 1.82) is 0 Å². The molecule has 0 aliphatic carbocycles. The van der Waals surface area contributed by atoms with Crippen LogP contribution in [-0.2, 0) is 14.6 Å². The number of carboxylic acid groups (broad SMARTS) is 1. The number of ether oxygens (including phenoxy) is 2. The topological polar surface area (TPSA) is 177 Å². The highest BCUT2D eigenvalue weighted by atomic mass is 32.2. The number of benzene rings is 3. The number of carbonyl (C=O) groups excluding carboxylic acids is 2. The second-order valence-electron chi connectivity index (χ2n) is 10.7. The summed E-state index contributed by atoms with van der Waals surface area (Å²) in [7, 11) is -0.972. The lowest BCUT2D eigenvalue weighted by Crippen LogP contribution is -2.38. The van der Waals surface area contributed by atoms with Crippen molar-refractivity contribution >= 4 is 39.1 Å². The zero-order valence-corrected chi connectivity index (χ0v) is 26.0. The highest BCUT2D eigenvalue weighted by Gasteiger charge is 2.38. The molecule has 45 heavy (non-hydrogen) atoms. The van der Waals surface area contributed by atoms with Crippen molar-refractivity contribution in [2.75, 3.05) is 31.4 Å². The van der Waals surface area contributed by atoms with Crippen molar-refractivity contribution in [2.24, 2.45) is 5.73 Å². The molecule has 4 rings (SSSR count). The van der Waals surface area contributed by atoms with Gasteiger partial charge < -0.3 is 30.5 Å². The van der Waals surface area contributed by atoms with E-state index in [9.17, 15) is 27.9 Å². The van der Waals surface area contributed by atoms with E-state index in [0.29, 0.717) is 29.9 Å². The molecule has 12 nitrogen and oxygen atoms in total. The van der Waals surface area contributed by atoms with E-state index >= 15 is 4.39 Å². The largest absolute Gasteiger partial charge is 0.493 e. The monoisotopic (exact) mass is 642 g/mol. The molecule has 5 N–H and O–H groups in total. The minimum Gasteiger partial charge on any atom is -0.493 e. The highest BCUT2D eigenvalue weighted by Crippen LogP contribution is 2.41. The molecule has 0 saturated carbocycles. The summed E-state index contributed by atoms with van der Waals surface area (Å²) in [5.41, 5.74) is 6.03. The van der Waals surface area contributed by atoms with Crippen LogP contribution in [0.25, 0.3) is 0 Å². The minimum atomic E-state index is -3.85. The molecule has 14 heteroatoms. The molecule has 1 aliphatic rings. The van der Waals surface area contributed by atoms with Gasteiger partial charge in [-0.15, -0.1) is 0 Å². The Hall–Kier alpha value is -4.85. The quantitative estimate of drug-likeness (QED) is 0.230. The van der Waals surface area contributed by atoms with Crippen LogP contribution in [0.2, 0.25) is 0 Å². The summed E-state index contributed by atoms with van der Waals surface area (Å²) in [6, 6.07) is 10.3. The number of hydrogen-bond donors (Lipinski definition) is 4. The van der Waals surface area contributed by atoms with Crippen LogP contribution >= 0.6 is 0 Å². The van der Waals surface area contributed by atoms with Crippen molar-refractivity contribution < 1.29 is 41.8 Å². The summed E-state index contributed by atoms with van der Waals surface area (Å²) in [6.07, 6.45) is -0.441. The van der Waals surface area contributed by atoms with Crippen LogP contribution in [0.1, 0.15) is 60.3 Å². The van der Waals surface area contributed by atoms with Crippen molar-refractivity contribution in [2.45, 2.75) is 48.9 Å². The first-order valence-electron chi connectivity index (χ1n) is 14.0. The molecule has 3 aromatic carbocycles. The first-order valence-corrected chi connectivity index (χ1v) is 15.6. The van der Waals surface area contributed by atoms with Gasteiger partial charge in [0.2, 0.25) is 11.8 Å². The zero-order chi connectivity index (χ0) is 33.1. The average molecular weight is 643 g/mol. The van der Waals surface area contributed by atoms with Gasteiger partial charge in [0.15, 0.2) is 21.3 Å². The van der Waals surface area contributed by atoms with Crippen molar-refractivity contribution in [3.05, 3.63) is 77.1 Å². The molecular weight excluding hydrogens is 607 g/mol. The van der Waals surface area contributed by atoms with Crippen molar-refractivity contribution in [3.8, 4) is 11.5 Å². The number of nitrogens with one attached hydrogen (secondary N) is 2. The fraction of sp³-hybridized carbons (Fsp3) is 0.323. The Kier molecular flexibility index (Phi) is 9.86. The van der Waals surface area contributed by atoms with Crippen molar-refractivity contribution in [3.63, 3.8) is 0 Å². The summed E-state index contributed by atoms with van der Waals surface area (Å²) >= 11 is 0. The van der Waals surface area contributed by atoms with Crippen LogP contribution in [0.3, 0.4) is 0 Å². The molecule has 0 bridgehead atoms. The maximum absolute atomic E-state index is 15.1. The molecule has 2 atom stereocenters. The van der Waals surface area contributed by atoms with Crippen molar-refractivity contribution in [1.82, 2.24) is 4.90 Å². The van der Waals surface area contributed by atoms with E-state index in [1.165, 1.54) is 63.3 Å². The Morgan fingerprint density at radius 2 is 1.73 bits per heavy atom. The number of sulfone groups is 1. The number of nitrogens with two attached hydrogens (primary N) is 1. The van der Waals surface area contributed by atoms with Crippen LogP contribution in [0, 0.1) is 5.82 Å². The average Bonchev–Trinajstić information content (AvgIpc) is 3.49. The molecule has 1 heterocycles. The van der Waals surface area contributed by atoms with E-state index < -0.39 is 50.9 Å². The lowest BCUT2D eigenvalue weighted by molar-refractivity contribution is -0.133. The maximum atomic E-state index is 15.1. The lowest BCUT2D eigenvalue weighted by Gasteiger charge is -2.32. The molecule has 3 amide bonds. The predicted octanol–water partition coefficient (Wildman–Crippen LogP) is 4.73. The van der Waals surface area contributed by atoms with E-state index in [1.807, 2.05) is 0 Å². The number of anilines is 2. The van der Waals surface area contributed by atoms with Gasteiger partial charge >= 0.3 is 6.09 Å². The van der Waals surface area contributed by atoms with Crippen LogP contribution in [0.5, 0.6) is 11.5 Å². The highest BCUT2D eigenvalue weighted by molar-refractivity contribution is 7.92. The third kappa shape index (κ3) is 6.95. The summed E-state index contributed by atoms with van der Waals surface area (Å²) in [6.45, 7) is 3.30. The van der Waals surface area contributed by atoms with Gasteiger partial charge in [-0.1, -0.05) is 6.07 Å². The Morgan fingerprint density at radius 1 is 1.02 bits per heavy atom. The normalized spacial score (nSPS) is 15.4. The third-order valence-electron chi connectivity index (χ3n) is 7.62. The Balaban J connectivity index is 1.85. The van der Waals surface area contributed by atoms with Gasteiger partial charge in [-0.2, -0.15) is 0 Å². The molecule has 0 aromatic heterocycles. The second kappa shape index (κ2) is 13.4. The molecule has 3 aromatic rings.